The first kappa shape index (κ1) is 18.9. The van der Waals surface area contributed by atoms with Gasteiger partial charge in [0.2, 0.25) is 0 Å². The summed E-state index contributed by atoms with van der Waals surface area (Å²) in [4.78, 5) is 5.00. The molecule has 0 aliphatic rings. The maximum atomic E-state index is 2.50. The molecule has 0 aromatic carbocycles. The summed E-state index contributed by atoms with van der Waals surface area (Å²) in [5, 5.41) is 0. The Morgan fingerprint density at radius 2 is 1.11 bits per heavy atom. The third-order valence-corrected chi connectivity index (χ3v) is 4.09. The molecule has 0 radical (unpaired) electrons. The summed E-state index contributed by atoms with van der Waals surface area (Å²) in [5.74, 6) is 0. The van der Waals surface area contributed by atoms with Gasteiger partial charge in [0.25, 0.3) is 0 Å². The van der Waals surface area contributed by atoms with Gasteiger partial charge in [-0.05, 0) is 33.1 Å². The molecule has 0 fully saturated rings. The average Bonchev–Trinajstić information content (AvgIpc) is 2.43. The van der Waals surface area contributed by atoms with Crippen LogP contribution < -0.4 is 0 Å². The van der Waals surface area contributed by atoms with Gasteiger partial charge in [-0.3, -0.25) is 0 Å². The van der Waals surface area contributed by atoms with Crippen LogP contribution >= 0.6 is 0 Å². The molecule has 0 rings (SSSR count). The summed E-state index contributed by atoms with van der Waals surface area (Å²) in [6.07, 6.45) is 11.4. The minimum atomic E-state index is 1.18. The molecule has 19 heavy (non-hydrogen) atoms. The van der Waals surface area contributed by atoms with E-state index in [-0.39, 0.29) is 0 Å². The molecule has 0 heterocycles. The number of unbranched alkanes of at least 4 members (excludes halogenated alkanes) is 7. The van der Waals surface area contributed by atoms with Crippen LogP contribution in [0.3, 0.4) is 0 Å². The molecule has 0 spiro atoms. The van der Waals surface area contributed by atoms with Gasteiger partial charge in [0.15, 0.2) is 0 Å². The van der Waals surface area contributed by atoms with Crippen LogP contribution in [0.2, 0.25) is 0 Å². The predicted octanol–water partition coefficient (Wildman–Crippen LogP) is 4.40. The van der Waals surface area contributed by atoms with Gasteiger partial charge in [-0.15, -0.1) is 0 Å². The second-order valence-corrected chi connectivity index (χ2v) is 5.81. The molecule has 0 aromatic heterocycles. The molecule has 116 valence electrons. The molecule has 0 aliphatic heterocycles. The van der Waals surface area contributed by atoms with Gasteiger partial charge >= 0.3 is 0 Å². The number of likely N-dealkylation sites (N-methyl/N-ethyl adjacent to an activating group) is 2. The van der Waals surface area contributed by atoms with Crippen LogP contribution in [0.1, 0.15) is 72.1 Å². The summed E-state index contributed by atoms with van der Waals surface area (Å²) in [6.45, 7) is 12.9. The zero-order valence-corrected chi connectivity index (χ0v) is 14.1. The fourth-order valence-corrected chi connectivity index (χ4v) is 2.48. The van der Waals surface area contributed by atoms with E-state index in [1.807, 2.05) is 0 Å². The van der Waals surface area contributed by atoms with E-state index in [2.05, 4.69) is 37.6 Å². The molecule has 0 bridgehead atoms. The smallest absolute Gasteiger partial charge is 0.0109 e. The Hall–Kier alpha value is -0.0800. The van der Waals surface area contributed by atoms with Gasteiger partial charge < -0.3 is 9.80 Å². The minimum Gasteiger partial charge on any atom is -0.305 e. The third kappa shape index (κ3) is 12.7. The molecule has 2 heteroatoms. The minimum absolute atomic E-state index is 1.18. The summed E-state index contributed by atoms with van der Waals surface area (Å²) >= 11 is 0. The topological polar surface area (TPSA) is 6.48 Å². The van der Waals surface area contributed by atoms with Crippen molar-refractivity contribution in [2.75, 3.05) is 39.8 Å². The molecule has 0 aromatic rings. The van der Waals surface area contributed by atoms with E-state index in [9.17, 15) is 0 Å². The fraction of sp³-hybridized carbons (Fsp3) is 1.00. The van der Waals surface area contributed by atoms with E-state index in [1.54, 1.807) is 0 Å². The molecule has 0 unspecified atom stereocenters. The zero-order valence-electron chi connectivity index (χ0n) is 14.1. The van der Waals surface area contributed by atoms with E-state index in [0.29, 0.717) is 0 Å². The van der Waals surface area contributed by atoms with Gasteiger partial charge in [-0.1, -0.05) is 65.7 Å². The first-order chi connectivity index (χ1) is 9.24. The lowest BCUT2D eigenvalue weighted by Gasteiger charge is -2.22. The van der Waals surface area contributed by atoms with Crippen molar-refractivity contribution < 1.29 is 0 Å². The van der Waals surface area contributed by atoms with Gasteiger partial charge in [0.05, 0.1) is 0 Å². The quantitative estimate of drug-likeness (QED) is 0.432. The molecule has 0 saturated carbocycles. The SMILES string of the molecule is CCCCCCCCCCN(C)CCN(CC)CC. The van der Waals surface area contributed by atoms with Crippen LogP contribution in [-0.4, -0.2) is 49.6 Å². The van der Waals surface area contributed by atoms with E-state index in [1.165, 1.54) is 84.1 Å². The molecule has 0 N–H and O–H groups in total. The van der Waals surface area contributed by atoms with Crippen molar-refractivity contribution in [3.8, 4) is 0 Å². The molecule has 0 saturated heterocycles. The summed E-state index contributed by atoms with van der Waals surface area (Å²) in [5.41, 5.74) is 0. The molecule has 0 atom stereocenters. The van der Waals surface area contributed by atoms with Crippen LogP contribution in [0.25, 0.3) is 0 Å². The number of hydrogen-bond acceptors (Lipinski definition) is 2. The van der Waals surface area contributed by atoms with Gasteiger partial charge in [-0.2, -0.15) is 0 Å². The third-order valence-electron chi connectivity index (χ3n) is 4.09. The maximum Gasteiger partial charge on any atom is 0.0109 e. The van der Waals surface area contributed by atoms with Crippen molar-refractivity contribution in [2.45, 2.75) is 72.1 Å². The van der Waals surface area contributed by atoms with E-state index in [4.69, 9.17) is 0 Å². The van der Waals surface area contributed by atoms with Gasteiger partial charge in [-0.25, -0.2) is 0 Å². The van der Waals surface area contributed by atoms with Crippen molar-refractivity contribution in [3.05, 3.63) is 0 Å². The second kappa shape index (κ2) is 14.3. The van der Waals surface area contributed by atoms with Crippen LogP contribution in [-0.2, 0) is 0 Å². The highest BCUT2D eigenvalue weighted by molar-refractivity contribution is 4.58. The van der Waals surface area contributed by atoms with E-state index < -0.39 is 0 Å². The van der Waals surface area contributed by atoms with Crippen molar-refractivity contribution in [1.29, 1.82) is 0 Å². The summed E-state index contributed by atoms with van der Waals surface area (Å²) < 4.78 is 0. The van der Waals surface area contributed by atoms with Crippen molar-refractivity contribution in [1.82, 2.24) is 9.80 Å². The molecular formula is C17H38N2. The Labute approximate surface area is 122 Å². The Bertz CT molecular complexity index is 167. The lowest BCUT2D eigenvalue weighted by Crippen LogP contribution is -2.33. The highest BCUT2D eigenvalue weighted by Gasteiger charge is 2.02. The highest BCUT2D eigenvalue weighted by Crippen LogP contribution is 2.08. The van der Waals surface area contributed by atoms with Gasteiger partial charge in [0.1, 0.15) is 0 Å². The number of nitrogens with zero attached hydrogens (tertiary/aromatic N) is 2. The largest absolute Gasteiger partial charge is 0.305 e. The lowest BCUT2D eigenvalue weighted by molar-refractivity contribution is 0.238. The van der Waals surface area contributed by atoms with E-state index >= 15 is 0 Å². The van der Waals surface area contributed by atoms with Crippen LogP contribution in [0.4, 0.5) is 0 Å². The molecule has 2 nitrogen and oxygen atoms in total. The van der Waals surface area contributed by atoms with Crippen LogP contribution in [0, 0.1) is 0 Å². The monoisotopic (exact) mass is 270 g/mol. The second-order valence-electron chi connectivity index (χ2n) is 5.81. The zero-order chi connectivity index (χ0) is 14.3. The Morgan fingerprint density at radius 1 is 0.579 bits per heavy atom. The lowest BCUT2D eigenvalue weighted by atomic mass is 10.1. The molecule has 0 aliphatic carbocycles. The van der Waals surface area contributed by atoms with Crippen molar-refractivity contribution in [3.63, 3.8) is 0 Å². The standard InChI is InChI=1S/C17H38N2/c1-5-8-9-10-11-12-13-14-15-18(4)16-17-19(6-2)7-3/h5-17H2,1-4H3. The fourth-order valence-electron chi connectivity index (χ4n) is 2.48. The number of hydrogen-bond donors (Lipinski definition) is 0. The average molecular weight is 271 g/mol. The molecule has 0 amide bonds. The highest BCUT2D eigenvalue weighted by atomic mass is 15.2. The first-order valence-corrected chi connectivity index (χ1v) is 8.65. The van der Waals surface area contributed by atoms with Gasteiger partial charge in [0, 0.05) is 13.1 Å². The number of rotatable bonds is 14. The first-order valence-electron chi connectivity index (χ1n) is 8.65. The maximum absolute atomic E-state index is 2.50. The summed E-state index contributed by atoms with van der Waals surface area (Å²) in [7, 11) is 2.27. The summed E-state index contributed by atoms with van der Waals surface area (Å²) in [6, 6.07) is 0. The Balaban J connectivity index is 3.26. The normalized spacial score (nSPS) is 11.7. The Kier molecular flexibility index (Phi) is 14.3. The van der Waals surface area contributed by atoms with E-state index in [0.717, 1.165) is 0 Å². The Morgan fingerprint density at radius 3 is 1.63 bits per heavy atom. The van der Waals surface area contributed by atoms with Crippen molar-refractivity contribution >= 4 is 0 Å². The van der Waals surface area contributed by atoms with Crippen LogP contribution in [0.15, 0.2) is 0 Å². The van der Waals surface area contributed by atoms with Crippen molar-refractivity contribution in [2.24, 2.45) is 0 Å². The van der Waals surface area contributed by atoms with Crippen LogP contribution in [0.5, 0.6) is 0 Å². The molecular weight excluding hydrogens is 232 g/mol. The predicted molar refractivity (Wildman–Crippen MR) is 87.9 cm³/mol.